The Morgan fingerprint density at radius 1 is 1.00 bits per heavy atom. The Morgan fingerprint density at radius 3 is 2.18 bits per heavy atom. The van der Waals surface area contributed by atoms with E-state index >= 15 is 0 Å². The molecule has 0 saturated carbocycles. The van der Waals surface area contributed by atoms with E-state index in [9.17, 15) is 25.0 Å². The van der Waals surface area contributed by atoms with Gasteiger partial charge in [-0.2, -0.15) is 5.10 Å². The van der Waals surface area contributed by atoms with Gasteiger partial charge in [-0.05, 0) is 51.0 Å². The van der Waals surface area contributed by atoms with Gasteiger partial charge in [0.15, 0.2) is 0 Å². The van der Waals surface area contributed by atoms with Gasteiger partial charge in [0.25, 0.3) is 5.69 Å². The topological polar surface area (TPSA) is 142 Å². The minimum atomic E-state index is -0.624. The van der Waals surface area contributed by atoms with E-state index in [1.807, 2.05) is 19.9 Å². The number of aryl methyl sites for hydroxylation is 3. The summed E-state index contributed by atoms with van der Waals surface area (Å²) in [6, 6.07) is 9.62. The van der Waals surface area contributed by atoms with E-state index in [1.54, 1.807) is 26.0 Å². The van der Waals surface area contributed by atoms with Crippen molar-refractivity contribution in [3.8, 4) is 11.5 Å². The minimum Gasteiger partial charge on any atom is -0.457 e. The standard InChI is InChI=1S/C23H25N5O6/c1-13-6-14(2)8-20(7-13)34-21-10-18(9-19(11-21)27(30)31)24-23(29)15(3)12-26-17(5)22(28(32)33)16(4)25-26/h6-11,15H,12H2,1-5H3,(H,24,29). The predicted molar refractivity (Wildman–Crippen MR) is 125 cm³/mol. The van der Waals surface area contributed by atoms with Crippen LogP contribution in [0.2, 0.25) is 0 Å². The number of rotatable bonds is 8. The quantitative estimate of drug-likeness (QED) is 0.363. The van der Waals surface area contributed by atoms with Gasteiger partial charge in [-0.3, -0.25) is 29.7 Å². The monoisotopic (exact) mass is 467 g/mol. The second kappa shape index (κ2) is 9.69. The third kappa shape index (κ3) is 5.55. The van der Waals surface area contributed by atoms with E-state index in [-0.39, 0.29) is 35.1 Å². The van der Waals surface area contributed by atoms with E-state index in [0.29, 0.717) is 11.4 Å². The van der Waals surface area contributed by atoms with Crippen LogP contribution in [0.5, 0.6) is 11.5 Å². The summed E-state index contributed by atoms with van der Waals surface area (Å²) >= 11 is 0. The second-order valence-electron chi connectivity index (χ2n) is 8.25. The van der Waals surface area contributed by atoms with Crippen LogP contribution in [0.25, 0.3) is 0 Å². The molecule has 0 aliphatic carbocycles. The van der Waals surface area contributed by atoms with E-state index in [0.717, 1.165) is 11.1 Å². The van der Waals surface area contributed by atoms with Crippen LogP contribution in [0.15, 0.2) is 36.4 Å². The molecule has 1 atom stereocenters. The maximum absolute atomic E-state index is 12.8. The van der Waals surface area contributed by atoms with Crippen molar-refractivity contribution in [1.82, 2.24) is 9.78 Å². The highest BCUT2D eigenvalue weighted by molar-refractivity contribution is 5.92. The van der Waals surface area contributed by atoms with Crippen molar-refractivity contribution in [2.45, 2.75) is 41.2 Å². The Hall–Kier alpha value is -4.28. The average Bonchev–Trinajstić information content (AvgIpc) is 2.99. The minimum absolute atomic E-state index is 0.0838. The molecule has 1 amide bonds. The zero-order chi connectivity index (χ0) is 25.2. The summed E-state index contributed by atoms with van der Waals surface area (Å²) in [5.41, 5.74) is 2.45. The Bertz CT molecular complexity index is 1260. The molecule has 0 fully saturated rings. The third-order valence-corrected chi connectivity index (χ3v) is 5.22. The molecule has 0 aliphatic rings. The van der Waals surface area contributed by atoms with Gasteiger partial charge in [-0.25, -0.2) is 0 Å². The largest absolute Gasteiger partial charge is 0.457 e. The van der Waals surface area contributed by atoms with Crippen LogP contribution < -0.4 is 10.1 Å². The number of carbonyl (C=O) groups excluding carboxylic acids is 1. The number of benzene rings is 2. The lowest BCUT2D eigenvalue weighted by atomic mass is 10.1. The number of ether oxygens (including phenoxy) is 1. The van der Waals surface area contributed by atoms with Crippen molar-refractivity contribution in [2.24, 2.45) is 5.92 Å². The molecule has 1 heterocycles. The van der Waals surface area contributed by atoms with E-state index in [4.69, 9.17) is 4.74 Å². The van der Waals surface area contributed by atoms with Gasteiger partial charge < -0.3 is 10.1 Å². The Labute approximate surface area is 195 Å². The lowest BCUT2D eigenvalue weighted by molar-refractivity contribution is -0.386. The summed E-state index contributed by atoms with van der Waals surface area (Å²) < 4.78 is 7.25. The maximum atomic E-state index is 12.8. The molecule has 0 radical (unpaired) electrons. The fourth-order valence-corrected chi connectivity index (χ4v) is 3.68. The SMILES string of the molecule is Cc1cc(C)cc(Oc2cc(NC(=O)C(C)Cn3nc(C)c([N+](=O)[O-])c3C)cc([N+](=O)[O-])c2)c1. The van der Waals surface area contributed by atoms with Crippen LogP contribution in [-0.4, -0.2) is 25.5 Å². The smallest absolute Gasteiger partial charge is 0.312 e. The maximum Gasteiger partial charge on any atom is 0.312 e. The van der Waals surface area contributed by atoms with Gasteiger partial charge in [0, 0.05) is 12.1 Å². The van der Waals surface area contributed by atoms with Gasteiger partial charge in [0.1, 0.15) is 22.9 Å². The van der Waals surface area contributed by atoms with Crippen LogP contribution in [-0.2, 0) is 11.3 Å². The number of nitro groups is 2. The summed E-state index contributed by atoms with van der Waals surface area (Å²) in [5, 5.41) is 29.5. The molecule has 11 nitrogen and oxygen atoms in total. The summed E-state index contributed by atoms with van der Waals surface area (Å²) in [7, 11) is 0. The second-order valence-corrected chi connectivity index (χ2v) is 8.25. The highest BCUT2D eigenvalue weighted by Crippen LogP contribution is 2.31. The van der Waals surface area contributed by atoms with Crippen LogP contribution in [0.1, 0.15) is 29.4 Å². The van der Waals surface area contributed by atoms with Crippen molar-refractivity contribution in [3.05, 3.63) is 79.1 Å². The molecule has 3 aromatic rings. The number of nitro benzene ring substituents is 1. The number of carbonyl (C=O) groups is 1. The molecule has 2 aromatic carbocycles. The first kappa shape index (κ1) is 24.4. The molecule has 1 aromatic heterocycles. The molecular weight excluding hydrogens is 442 g/mol. The van der Waals surface area contributed by atoms with Gasteiger partial charge in [-0.15, -0.1) is 0 Å². The number of non-ortho nitro benzene ring substituents is 1. The van der Waals surface area contributed by atoms with Crippen molar-refractivity contribution in [2.75, 3.05) is 5.32 Å². The van der Waals surface area contributed by atoms with Crippen molar-refractivity contribution < 1.29 is 19.4 Å². The lowest BCUT2D eigenvalue weighted by Crippen LogP contribution is -2.25. The van der Waals surface area contributed by atoms with Crippen LogP contribution in [0.3, 0.4) is 0 Å². The molecule has 1 N–H and O–H groups in total. The highest BCUT2D eigenvalue weighted by Gasteiger charge is 2.24. The van der Waals surface area contributed by atoms with Gasteiger partial charge in [0.2, 0.25) is 5.91 Å². The fraction of sp³-hybridized carbons (Fsp3) is 0.304. The van der Waals surface area contributed by atoms with Gasteiger partial charge in [0.05, 0.1) is 34.1 Å². The van der Waals surface area contributed by atoms with E-state index < -0.39 is 21.7 Å². The molecule has 0 saturated heterocycles. The number of nitrogens with one attached hydrogen (secondary N) is 1. The molecule has 0 spiro atoms. The number of nitrogens with zero attached hydrogens (tertiary/aromatic N) is 4. The Balaban J connectivity index is 1.81. The summed E-state index contributed by atoms with van der Waals surface area (Å²) in [6.45, 7) is 8.68. The Morgan fingerprint density at radius 2 is 1.62 bits per heavy atom. The highest BCUT2D eigenvalue weighted by atomic mass is 16.6. The fourth-order valence-electron chi connectivity index (χ4n) is 3.68. The number of amides is 1. The zero-order valence-electron chi connectivity index (χ0n) is 19.5. The molecule has 0 aliphatic heterocycles. The van der Waals surface area contributed by atoms with Gasteiger partial charge >= 0.3 is 5.69 Å². The summed E-state index contributed by atoms with van der Waals surface area (Å²) in [4.78, 5) is 34.4. The lowest BCUT2D eigenvalue weighted by Gasteiger charge is -2.14. The Kier molecular flexibility index (Phi) is 6.94. The van der Waals surface area contributed by atoms with E-state index in [2.05, 4.69) is 10.4 Å². The molecule has 3 rings (SSSR count). The first-order valence-electron chi connectivity index (χ1n) is 10.5. The number of anilines is 1. The first-order valence-corrected chi connectivity index (χ1v) is 10.5. The van der Waals surface area contributed by atoms with Gasteiger partial charge in [-0.1, -0.05) is 13.0 Å². The molecule has 34 heavy (non-hydrogen) atoms. The predicted octanol–water partition coefficient (Wildman–Crippen LogP) is 5.00. The van der Waals surface area contributed by atoms with E-state index in [1.165, 1.54) is 29.8 Å². The van der Waals surface area contributed by atoms with Crippen LogP contribution in [0.4, 0.5) is 17.1 Å². The van der Waals surface area contributed by atoms with Crippen LogP contribution in [0, 0.1) is 53.8 Å². The molecule has 1 unspecified atom stereocenters. The normalized spacial score (nSPS) is 11.7. The number of hydrogen-bond donors (Lipinski definition) is 1. The average molecular weight is 467 g/mol. The number of hydrogen-bond acceptors (Lipinski definition) is 7. The van der Waals surface area contributed by atoms with Crippen molar-refractivity contribution in [1.29, 1.82) is 0 Å². The molecular formula is C23H25N5O6. The number of aromatic nitrogens is 2. The summed E-state index contributed by atoms with van der Waals surface area (Å²) in [5.74, 6) is -0.320. The molecule has 178 valence electrons. The third-order valence-electron chi connectivity index (χ3n) is 5.22. The van der Waals surface area contributed by atoms with Crippen LogP contribution >= 0.6 is 0 Å². The summed E-state index contributed by atoms with van der Waals surface area (Å²) in [6.07, 6.45) is 0. The first-order chi connectivity index (χ1) is 15.9. The van der Waals surface area contributed by atoms with Crippen molar-refractivity contribution in [3.63, 3.8) is 0 Å². The molecule has 0 bridgehead atoms. The molecule has 11 heteroatoms. The zero-order valence-corrected chi connectivity index (χ0v) is 19.5. The van der Waals surface area contributed by atoms with Crippen molar-refractivity contribution >= 4 is 23.0 Å².